The van der Waals surface area contributed by atoms with Crippen molar-refractivity contribution in [3.63, 3.8) is 0 Å². The minimum absolute atomic E-state index is 0.00951. The Morgan fingerprint density at radius 3 is 2.67 bits per heavy atom. The Balaban J connectivity index is 2.40. The number of halogens is 1. The molecule has 0 atom stereocenters. The summed E-state index contributed by atoms with van der Waals surface area (Å²) in [6.07, 6.45) is 3.04. The van der Waals surface area contributed by atoms with Crippen LogP contribution >= 0.6 is 0 Å². The van der Waals surface area contributed by atoms with E-state index in [-0.39, 0.29) is 17.1 Å². The molecule has 4 heteroatoms. The Morgan fingerprint density at radius 1 is 1.67 bits per heavy atom. The number of nitrogen functional groups attached to an aromatic ring is 1. The lowest BCUT2D eigenvalue weighted by atomic mass is 9.99. The number of aromatic nitrogens is 2. The van der Waals surface area contributed by atoms with Crippen LogP contribution in [0.2, 0.25) is 0 Å². The van der Waals surface area contributed by atoms with Gasteiger partial charge in [-0.2, -0.15) is 5.10 Å². The van der Waals surface area contributed by atoms with Gasteiger partial charge >= 0.3 is 0 Å². The third-order valence-electron chi connectivity index (χ3n) is 2.79. The summed E-state index contributed by atoms with van der Waals surface area (Å²) in [6, 6.07) is 0. The highest BCUT2D eigenvalue weighted by atomic mass is 19.1. The zero-order valence-electron chi connectivity index (χ0n) is 7.02. The summed E-state index contributed by atoms with van der Waals surface area (Å²) < 4.78 is 13.3. The zero-order valence-corrected chi connectivity index (χ0v) is 7.02. The summed E-state index contributed by atoms with van der Waals surface area (Å²) in [6.45, 7) is 2.06. The fourth-order valence-electron chi connectivity index (χ4n) is 1.62. The van der Waals surface area contributed by atoms with E-state index in [1.54, 1.807) is 0 Å². The van der Waals surface area contributed by atoms with Crippen molar-refractivity contribution in [2.75, 3.05) is 5.73 Å². The van der Waals surface area contributed by atoms with Gasteiger partial charge in [0.2, 0.25) is 0 Å². The Bertz CT molecular complexity index is 301. The van der Waals surface area contributed by atoms with Crippen molar-refractivity contribution >= 4 is 5.82 Å². The van der Waals surface area contributed by atoms with Crippen molar-refractivity contribution in [3.8, 4) is 0 Å². The SMILES string of the molecule is CCC1(c2[nH]nc(N)c2F)CC1. The van der Waals surface area contributed by atoms with Crippen LogP contribution in [0.3, 0.4) is 0 Å². The number of H-pyrrole nitrogens is 1. The Hall–Kier alpha value is -1.06. The molecule has 1 aromatic heterocycles. The number of nitrogens with zero attached hydrogens (tertiary/aromatic N) is 1. The number of hydrogen-bond acceptors (Lipinski definition) is 2. The van der Waals surface area contributed by atoms with E-state index < -0.39 is 0 Å². The second-order valence-corrected chi connectivity index (χ2v) is 3.43. The van der Waals surface area contributed by atoms with Crippen LogP contribution < -0.4 is 5.73 Å². The third kappa shape index (κ3) is 0.838. The molecule has 3 nitrogen and oxygen atoms in total. The summed E-state index contributed by atoms with van der Waals surface area (Å²) in [7, 11) is 0. The third-order valence-corrected chi connectivity index (χ3v) is 2.79. The van der Waals surface area contributed by atoms with E-state index in [4.69, 9.17) is 5.73 Å². The Morgan fingerprint density at radius 2 is 2.33 bits per heavy atom. The van der Waals surface area contributed by atoms with E-state index in [0.29, 0.717) is 5.69 Å². The molecule has 2 rings (SSSR count). The summed E-state index contributed by atoms with van der Waals surface area (Å²) >= 11 is 0. The molecule has 3 N–H and O–H groups in total. The molecule has 0 amide bonds. The molecule has 0 saturated heterocycles. The van der Waals surface area contributed by atoms with E-state index in [9.17, 15) is 4.39 Å². The molecule has 12 heavy (non-hydrogen) atoms. The number of aromatic amines is 1. The Labute approximate surface area is 70.2 Å². The molecular weight excluding hydrogens is 157 g/mol. The first kappa shape index (κ1) is 7.58. The molecule has 1 fully saturated rings. The van der Waals surface area contributed by atoms with E-state index in [1.165, 1.54) is 0 Å². The number of rotatable bonds is 2. The minimum atomic E-state index is -0.352. The van der Waals surface area contributed by atoms with Crippen molar-refractivity contribution in [2.45, 2.75) is 31.6 Å². The molecule has 1 saturated carbocycles. The highest BCUT2D eigenvalue weighted by Gasteiger charge is 2.46. The maximum absolute atomic E-state index is 13.3. The van der Waals surface area contributed by atoms with Gasteiger partial charge in [-0.05, 0) is 19.3 Å². The predicted molar refractivity (Wildman–Crippen MR) is 44.2 cm³/mol. The van der Waals surface area contributed by atoms with Crippen LogP contribution in [0.1, 0.15) is 31.9 Å². The lowest BCUT2D eigenvalue weighted by molar-refractivity contribution is 0.555. The molecule has 0 bridgehead atoms. The maximum Gasteiger partial charge on any atom is 0.188 e. The Kier molecular flexibility index (Phi) is 1.40. The molecule has 66 valence electrons. The van der Waals surface area contributed by atoms with Crippen LogP contribution in [0.4, 0.5) is 10.2 Å². The second-order valence-electron chi connectivity index (χ2n) is 3.43. The van der Waals surface area contributed by atoms with Crippen LogP contribution in [-0.4, -0.2) is 10.2 Å². The van der Waals surface area contributed by atoms with Gasteiger partial charge in [0.25, 0.3) is 0 Å². The standard InChI is InChI=1S/C8H12FN3/c1-2-8(3-4-8)6-5(9)7(10)12-11-6/h2-4H2,1H3,(H3,10,11,12). The van der Waals surface area contributed by atoms with E-state index in [1.807, 2.05) is 0 Å². The molecular formula is C8H12FN3. The van der Waals surface area contributed by atoms with Crippen molar-refractivity contribution < 1.29 is 4.39 Å². The van der Waals surface area contributed by atoms with Gasteiger partial charge in [0, 0.05) is 5.41 Å². The molecule has 0 unspecified atom stereocenters. The first-order chi connectivity index (χ1) is 5.69. The van der Waals surface area contributed by atoms with Crippen LogP contribution in [0.15, 0.2) is 0 Å². The molecule has 1 aliphatic rings. The molecule has 1 aliphatic carbocycles. The van der Waals surface area contributed by atoms with Crippen molar-refractivity contribution in [1.82, 2.24) is 10.2 Å². The van der Waals surface area contributed by atoms with Gasteiger partial charge in [0.05, 0.1) is 5.69 Å². The number of nitrogens with two attached hydrogens (primary N) is 1. The minimum Gasteiger partial charge on any atom is -0.380 e. The number of nitrogens with one attached hydrogen (secondary N) is 1. The lowest BCUT2D eigenvalue weighted by Gasteiger charge is -2.08. The molecule has 1 aromatic rings. The number of hydrogen-bond donors (Lipinski definition) is 2. The smallest absolute Gasteiger partial charge is 0.188 e. The quantitative estimate of drug-likeness (QED) is 0.706. The van der Waals surface area contributed by atoms with Crippen molar-refractivity contribution in [1.29, 1.82) is 0 Å². The molecule has 1 heterocycles. The largest absolute Gasteiger partial charge is 0.380 e. The number of anilines is 1. The average Bonchev–Trinajstić information content (AvgIpc) is 2.79. The van der Waals surface area contributed by atoms with Gasteiger partial charge in [0.15, 0.2) is 11.6 Å². The molecule has 0 spiro atoms. The van der Waals surface area contributed by atoms with Crippen molar-refractivity contribution in [3.05, 3.63) is 11.5 Å². The second kappa shape index (κ2) is 2.21. The highest BCUT2D eigenvalue weighted by Crippen LogP contribution is 2.51. The topological polar surface area (TPSA) is 54.7 Å². The fourth-order valence-corrected chi connectivity index (χ4v) is 1.62. The highest BCUT2D eigenvalue weighted by molar-refractivity contribution is 5.37. The molecule has 0 aromatic carbocycles. The summed E-state index contributed by atoms with van der Waals surface area (Å²) in [5.41, 5.74) is 5.92. The maximum atomic E-state index is 13.3. The summed E-state index contributed by atoms with van der Waals surface area (Å²) in [4.78, 5) is 0. The van der Waals surface area contributed by atoms with E-state index >= 15 is 0 Å². The molecule has 0 radical (unpaired) electrons. The fraction of sp³-hybridized carbons (Fsp3) is 0.625. The monoisotopic (exact) mass is 169 g/mol. The van der Waals surface area contributed by atoms with E-state index in [0.717, 1.165) is 19.3 Å². The van der Waals surface area contributed by atoms with Gasteiger partial charge in [-0.15, -0.1) is 0 Å². The van der Waals surface area contributed by atoms with Crippen LogP contribution in [-0.2, 0) is 5.41 Å². The summed E-state index contributed by atoms with van der Waals surface area (Å²) in [5.74, 6) is -0.362. The van der Waals surface area contributed by atoms with Crippen molar-refractivity contribution in [2.24, 2.45) is 0 Å². The predicted octanol–water partition coefficient (Wildman–Crippen LogP) is 1.57. The van der Waals surface area contributed by atoms with Gasteiger partial charge in [-0.25, -0.2) is 4.39 Å². The normalized spacial score (nSPS) is 19.5. The first-order valence-electron chi connectivity index (χ1n) is 4.19. The van der Waals surface area contributed by atoms with Crippen LogP contribution in [0, 0.1) is 5.82 Å². The lowest BCUT2D eigenvalue weighted by Crippen LogP contribution is -2.07. The van der Waals surface area contributed by atoms with Gasteiger partial charge in [-0.1, -0.05) is 6.92 Å². The van der Waals surface area contributed by atoms with Crippen LogP contribution in [0.25, 0.3) is 0 Å². The average molecular weight is 169 g/mol. The van der Waals surface area contributed by atoms with Gasteiger partial charge in [-0.3, -0.25) is 5.10 Å². The molecule has 0 aliphatic heterocycles. The van der Waals surface area contributed by atoms with E-state index in [2.05, 4.69) is 17.1 Å². The zero-order chi connectivity index (χ0) is 8.77. The van der Waals surface area contributed by atoms with Gasteiger partial charge in [0.1, 0.15) is 0 Å². The summed E-state index contributed by atoms with van der Waals surface area (Å²) in [5, 5.41) is 6.33. The van der Waals surface area contributed by atoms with Crippen LogP contribution in [0.5, 0.6) is 0 Å². The van der Waals surface area contributed by atoms with Gasteiger partial charge < -0.3 is 5.73 Å². The first-order valence-corrected chi connectivity index (χ1v) is 4.19.